The van der Waals surface area contributed by atoms with Gasteiger partial charge in [0.1, 0.15) is 0 Å². The van der Waals surface area contributed by atoms with E-state index in [9.17, 15) is 0 Å². The molecular weight excluding hydrogens is 236 g/mol. The summed E-state index contributed by atoms with van der Waals surface area (Å²) in [7, 11) is 0. The Bertz CT molecular complexity index is 370. The molecule has 0 saturated heterocycles. The molecule has 0 bridgehead atoms. The number of hydrogen-bond donors (Lipinski definition) is 1. The summed E-state index contributed by atoms with van der Waals surface area (Å²) < 4.78 is 2.28. The van der Waals surface area contributed by atoms with Crippen LogP contribution in [-0.2, 0) is 6.54 Å². The zero-order chi connectivity index (χ0) is 13.7. The number of nitrogens with zero attached hydrogens (tertiary/aromatic N) is 3. The van der Waals surface area contributed by atoms with Crippen LogP contribution in [0.3, 0.4) is 0 Å². The van der Waals surface area contributed by atoms with Crippen molar-refractivity contribution in [2.45, 2.75) is 64.6 Å². The first kappa shape index (κ1) is 14.5. The van der Waals surface area contributed by atoms with Crippen LogP contribution < -0.4 is 5.73 Å². The number of hydrogen-bond acceptors (Lipinski definition) is 3. The maximum Gasteiger partial charge on any atom is 0.0948 e. The van der Waals surface area contributed by atoms with Gasteiger partial charge in [0.15, 0.2) is 0 Å². The first-order chi connectivity index (χ1) is 9.31. The summed E-state index contributed by atoms with van der Waals surface area (Å²) in [6.07, 6.45) is 10.3. The Morgan fingerprint density at radius 3 is 2.79 bits per heavy atom. The van der Waals surface area contributed by atoms with Crippen LogP contribution in [0.2, 0.25) is 0 Å². The minimum Gasteiger partial charge on any atom is -0.333 e. The van der Waals surface area contributed by atoms with E-state index in [0.717, 1.165) is 19.0 Å². The van der Waals surface area contributed by atoms with Gasteiger partial charge in [-0.3, -0.25) is 4.90 Å². The van der Waals surface area contributed by atoms with Crippen molar-refractivity contribution in [3.05, 3.63) is 18.2 Å². The largest absolute Gasteiger partial charge is 0.333 e. The van der Waals surface area contributed by atoms with Crippen molar-refractivity contribution in [3.8, 4) is 0 Å². The number of rotatable bonds is 9. The highest BCUT2D eigenvalue weighted by Crippen LogP contribution is 2.34. The molecule has 1 unspecified atom stereocenters. The van der Waals surface area contributed by atoms with Gasteiger partial charge in [0.05, 0.1) is 18.1 Å². The molecule has 2 rings (SSSR count). The van der Waals surface area contributed by atoms with E-state index in [1.54, 1.807) is 0 Å². The maximum absolute atomic E-state index is 6.08. The molecule has 1 heterocycles. The van der Waals surface area contributed by atoms with Crippen LogP contribution in [-0.4, -0.2) is 33.6 Å². The van der Waals surface area contributed by atoms with Crippen molar-refractivity contribution in [3.63, 3.8) is 0 Å². The lowest BCUT2D eigenvalue weighted by Crippen LogP contribution is -2.37. The van der Waals surface area contributed by atoms with Crippen LogP contribution in [0.15, 0.2) is 12.5 Å². The van der Waals surface area contributed by atoms with Crippen molar-refractivity contribution >= 4 is 0 Å². The van der Waals surface area contributed by atoms with E-state index in [0.29, 0.717) is 12.6 Å². The van der Waals surface area contributed by atoms with Gasteiger partial charge >= 0.3 is 0 Å². The van der Waals surface area contributed by atoms with Crippen molar-refractivity contribution in [1.82, 2.24) is 14.5 Å². The second kappa shape index (κ2) is 7.06. The second-order valence-electron chi connectivity index (χ2n) is 5.59. The zero-order valence-electron chi connectivity index (χ0n) is 12.4. The summed E-state index contributed by atoms with van der Waals surface area (Å²) in [5.74, 6) is 0. The standard InChI is InChI=1S/C15H28N4/c1-3-5-9-19(13-6-7-13)14(10-16)15-11-17-12-18(15)8-4-2/h11-14H,3-10,16H2,1-2H3. The lowest BCUT2D eigenvalue weighted by molar-refractivity contribution is 0.181. The van der Waals surface area contributed by atoms with Crippen LogP contribution in [0, 0.1) is 0 Å². The SMILES string of the molecule is CCCCN(C1CC1)C(CN)c1cncn1CCC. The summed E-state index contributed by atoms with van der Waals surface area (Å²) in [5, 5.41) is 0. The van der Waals surface area contributed by atoms with Gasteiger partial charge in [-0.15, -0.1) is 0 Å². The monoisotopic (exact) mass is 264 g/mol. The van der Waals surface area contributed by atoms with E-state index in [1.165, 1.54) is 37.9 Å². The first-order valence-corrected chi connectivity index (χ1v) is 7.77. The maximum atomic E-state index is 6.08. The molecule has 4 heteroatoms. The van der Waals surface area contributed by atoms with Crippen molar-refractivity contribution < 1.29 is 0 Å². The number of unbranched alkanes of at least 4 members (excludes halogenated alkanes) is 1. The van der Waals surface area contributed by atoms with Crippen LogP contribution in [0.25, 0.3) is 0 Å². The van der Waals surface area contributed by atoms with Crippen LogP contribution >= 0.6 is 0 Å². The van der Waals surface area contributed by atoms with E-state index < -0.39 is 0 Å². The van der Waals surface area contributed by atoms with Gasteiger partial charge in [0.25, 0.3) is 0 Å². The molecular formula is C15H28N4. The highest BCUT2D eigenvalue weighted by molar-refractivity contribution is 5.08. The van der Waals surface area contributed by atoms with E-state index in [-0.39, 0.29) is 0 Å². The molecule has 1 fully saturated rings. The van der Waals surface area contributed by atoms with Gasteiger partial charge in [-0.25, -0.2) is 4.98 Å². The minimum absolute atomic E-state index is 0.341. The molecule has 1 aromatic heterocycles. The van der Waals surface area contributed by atoms with Crippen LogP contribution in [0.4, 0.5) is 0 Å². The highest BCUT2D eigenvalue weighted by atomic mass is 15.2. The Labute approximate surface area is 117 Å². The van der Waals surface area contributed by atoms with E-state index in [1.807, 2.05) is 12.5 Å². The topological polar surface area (TPSA) is 47.1 Å². The molecule has 1 saturated carbocycles. The first-order valence-electron chi connectivity index (χ1n) is 7.77. The summed E-state index contributed by atoms with van der Waals surface area (Å²) >= 11 is 0. The molecule has 2 N–H and O–H groups in total. The average molecular weight is 264 g/mol. The summed E-state index contributed by atoms with van der Waals surface area (Å²) in [6.45, 7) is 7.36. The van der Waals surface area contributed by atoms with Gasteiger partial charge in [-0.2, -0.15) is 0 Å². The van der Waals surface area contributed by atoms with Crippen molar-refractivity contribution in [2.75, 3.05) is 13.1 Å². The Balaban J connectivity index is 2.13. The summed E-state index contributed by atoms with van der Waals surface area (Å²) in [5.41, 5.74) is 7.38. The second-order valence-corrected chi connectivity index (χ2v) is 5.59. The minimum atomic E-state index is 0.341. The molecule has 108 valence electrons. The third kappa shape index (κ3) is 3.57. The molecule has 1 aliphatic rings. The Hall–Kier alpha value is -0.870. The molecule has 0 radical (unpaired) electrons. The van der Waals surface area contributed by atoms with E-state index in [4.69, 9.17) is 5.73 Å². The molecule has 0 amide bonds. The van der Waals surface area contributed by atoms with Gasteiger partial charge < -0.3 is 10.3 Å². The lowest BCUT2D eigenvalue weighted by Gasteiger charge is -2.31. The fourth-order valence-electron chi connectivity index (χ4n) is 2.80. The van der Waals surface area contributed by atoms with Gasteiger partial charge in [-0.1, -0.05) is 20.3 Å². The van der Waals surface area contributed by atoms with Gasteiger partial charge in [0.2, 0.25) is 0 Å². The fourth-order valence-corrected chi connectivity index (χ4v) is 2.80. The van der Waals surface area contributed by atoms with Crippen molar-refractivity contribution in [2.24, 2.45) is 5.73 Å². The zero-order valence-corrected chi connectivity index (χ0v) is 12.4. The molecule has 1 atom stereocenters. The normalized spacial score (nSPS) is 17.1. The predicted molar refractivity (Wildman–Crippen MR) is 78.9 cm³/mol. The fraction of sp³-hybridized carbons (Fsp3) is 0.800. The van der Waals surface area contributed by atoms with Crippen molar-refractivity contribution in [1.29, 1.82) is 0 Å². The molecule has 0 aromatic carbocycles. The number of imidazole rings is 1. The van der Waals surface area contributed by atoms with E-state index in [2.05, 4.69) is 28.3 Å². The molecule has 1 aromatic rings. The third-order valence-corrected chi connectivity index (χ3v) is 3.96. The molecule has 4 nitrogen and oxygen atoms in total. The summed E-state index contributed by atoms with van der Waals surface area (Å²) in [6, 6.07) is 1.10. The average Bonchev–Trinajstić information content (AvgIpc) is 3.16. The Kier molecular flexibility index (Phi) is 5.40. The van der Waals surface area contributed by atoms with Gasteiger partial charge in [0, 0.05) is 25.3 Å². The summed E-state index contributed by atoms with van der Waals surface area (Å²) in [4.78, 5) is 6.95. The number of aryl methyl sites for hydroxylation is 1. The van der Waals surface area contributed by atoms with E-state index >= 15 is 0 Å². The number of aromatic nitrogens is 2. The lowest BCUT2D eigenvalue weighted by atomic mass is 10.1. The Morgan fingerprint density at radius 1 is 1.42 bits per heavy atom. The van der Waals surface area contributed by atoms with Crippen LogP contribution in [0.1, 0.15) is 57.7 Å². The molecule has 19 heavy (non-hydrogen) atoms. The Morgan fingerprint density at radius 2 is 2.21 bits per heavy atom. The molecule has 1 aliphatic carbocycles. The predicted octanol–water partition coefficient (Wildman–Crippen LogP) is 2.56. The quantitative estimate of drug-likeness (QED) is 0.745. The highest BCUT2D eigenvalue weighted by Gasteiger charge is 2.34. The third-order valence-electron chi connectivity index (χ3n) is 3.96. The number of nitrogens with two attached hydrogens (primary N) is 1. The molecule has 0 aliphatic heterocycles. The van der Waals surface area contributed by atoms with Gasteiger partial charge in [-0.05, 0) is 32.2 Å². The van der Waals surface area contributed by atoms with Crippen LogP contribution in [0.5, 0.6) is 0 Å². The molecule has 0 spiro atoms. The smallest absolute Gasteiger partial charge is 0.0948 e.